The summed E-state index contributed by atoms with van der Waals surface area (Å²) in [5.41, 5.74) is 2.81. The molecule has 1 N–H and O–H groups in total. The molecule has 0 saturated carbocycles. The molecule has 0 spiro atoms. The summed E-state index contributed by atoms with van der Waals surface area (Å²) in [6.07, 6.45) is 3.61. The van der Waals surface area contributed by atoms with Crippen molar-refractivity contribution in [1.29, 1.82) is 0 Å². The molecule has 0 unspecified atom stereocenters. The molecule has 1 amide bonds. The summed E-state index contributed by atoms with van der Waals surface area (Å²) in [6, 6.07) is 18.5. The third kappa shape index (κ3) is 4.87. The molecule has 4 rings (SSSR count). The molecule has 2 heterocycles. The summed E-state index contributed by atoms with van der Waals surface area (Å²) in [7, 11) is 0. The van der Waals surface area contributed by atoms with Crippen molar-refractivity contribution in [1.82, 2.24) is 14.8 Å². The number of esters is 1. The van der Waals surface area contributed by atoms with Gasteiger partial charge in [-0.1, -0.05) is 53.8 Å². The van der Waals surface area contributed by atoms with Crippen molar-refractivity contribution < 1.29 is 14.3 Å². The number of thiazole rings is 1. The molecule has 0 aliphatic heterocycles. The van der Waals surface area contributed by atoms with E-state index in [9.17, 15) is 9.59 Å². The smallest absolute Gasteiger partial charge is 0.350 e. The van der Waals surface area contributed by atoms with E-state index in [0.29, 0.717) is 27.8 Å². The predicted octanol–water partition coefficient (Wildman–Crippen LogP) is 4.48. The van der Waals surface area contributed by atoms with Crippen molar-refractivity contribution in [2.75, 3.05) is 11.9 Å². The van der Waals surface area contributed by atoms with Crippen LogP contribution in [0.2, 0.25) is 0 Å². The summed E-state index contributed by atoms with van der Waals surface area (Å²) in [4.78, 5) is 30.0. The third-order valence-electron chi connectivity index (χ3n) is 4.48. The van der Waals surface area contributed by atoms with Gasteiger partial charge in [-0.3, -0.25) is 14.8 Å². The van der Waals surface area contributed by atoms with Gasteiger partial charge in [0.05, 0.1) is 18.8 Å². The maximum atomic E-state index is 12.7. The number of carbonyl (C=O) groups excluding carboxylic acids is 2. The van der Waals surface area contributed by atoms with Gasteiger partial charge in [-0.25, -0.2) is 9.78 Å². The lowest BCUT2D eigenvalue weighted by molar-refractivity contribution is 0.0532. The Labute approximate surface area is 183 Å². The van der Waals surface area contributed by atoms with Crippen molar-refractivity contribution in [2.45, 2.75) is 13.5 Å². The molecule has 0 bridgehead atoms. The van der Waals surface area contributed by atoms with E-state index in [1.54, 1.807) is 25.3 Å². The molecular weight excluding hydrogens is 412 g/mol. The Kier molecular flexibility index (Phi) is 6.18. The second-order valence-electron chi connectivity index (χ2n) is 6.64. The zero-order valence-corrected chi connectivity index (χ0v) is 17.6. The van der Waals surface area contributed by atoms with Gasteiger partial charge in [0, 0.05) is 23.5 Å². The number of hydrogen-bond acceptors (Lipinski definition) is 6. The maximum Gasteiger partial charge on any atom is 0.350 e. The lowest BCUT2D eigenvalue weighted by Gasteiger charge is -2.05. The third-order valence-corrected chi connectivity index (χ3v) is 5.43. The van der Waals surface area contributed by atoms with Crippen molar-refractivity contribution in [3.63, 3.8) is 0 Å². The van der Waals surface area contributed by atoms with Crippen molar-refractivity contribution >= 4 is 28.3 Å². The summed E-state index contributed by atoms with van der Waals surface area (Å²) < 4.78 is 6.97. The predicted molar refractivity (Wildman–Crippen MR) is 119 cm³/mol. The highest BCUT2D eigenvalue weighted by Crippen LogP contribution is 2.32. The first-order valence-corrected chi connectivity index (χ1v) is 10.6. The van der Waals surface area contributed by atoms with Crippen LogP contribution >= 0.6 is 11.3 Å². The number of benzene rings is 2. The average Bonchev–Trinajstić information content (AvgIpc) is 3.45. The average molecular weight is 433 g/mol. The number of hydrogen-bond donors (Lipinski definition) is 1. The van der Waals surface area contributed by atoms with Gasteiger partial charge in [0.2, 0.25) is 0 Å². The van der Waals surface area contributed by atoms with Gasteiger partial charge in [0.1, 0.15) is 4.88 Å². The highest BCUT2D eigenvalue weighted by atomic mass is 32.1. The zero-order valence-electron chi connectivity index (χ0n) is 16.8. The van der Waals surface area contributed by atoms with E-state index < -0.39 is 5.97 Å². The quantitative estimate of drug-likeness (QED) is 0.435. The van der Waals surface area contributed by atoms with Crippen LogP contribution in [0.25, 0.3) is 11.3 Å². The first-order valence-electron chi connectivity index (χ1n) is 9.75. The van der Waals surface area contributed by atoms with Crippen LogP contribution in [0.15, 0.2) is 73.1 Å². The van der Waals surface area contributed by atoms with E-state index in [1.165, 1.54) is 0 Å². The van der Waals surface area contributed by atoms with Crippen LogP contribution in [0, 0.1) is 0 Å². The fourth-order valence-corrected chi connectivity index (χ4v) is 3.89. The molecule has 0 saturated heterocycles. The molecule has 2 aromatic heterocycles. The lowest BCUT2D eigenvalue weighted by atomic mass is 10.1. The van der Waals surface area contributed by atoms with E-state index in [2.05, 4.69) is 15.4 Å². The van der Waals surface area contributed by atoms with Gasteiger partial charge in [0.25, 0.3) is 5.91 Å². The number of nitrogens with zero attached hydrogens (tertiary/aromatic N) is 3. The molecule has 156 valence electrons. The maximum absolute atomic E-state index is 12.7. The van der Waals surface area contributed by atoms with Gasteiger partial charge in [-0.2, -0.15) is 5.10 Å². The van der Waals surface area contributed by atoms with Crippen molar-refractivity contribution in [2.24, 2.45) is 0 Å². The van der Waals surface area contributed by atoms with Crippen LogP contribution in [0.4, 0.5) is 5.13 Å². The van der Waals surface area contributed by atoms with Crippen LogP contribution in [-0.4, -0.2) is 33.2 Å². The SMILES string of the molecule is CCOC(=O)c1sc(NC(=O)c2ccc(Cn3cccn3)cc2)nc1-c1ccccc1. The Balaban J connectivity index is 1.53. The number of anilines is 1. The molecule has 0 aliphatic carbocycles. The summed E-state index contributed by atoms with van der Waals surface area (Å²) in [5.74, 6) is -0.753. The molecular formula is C23H20N4O3S. The zero-order chi connectivity index (χ0) is 21.6. The molecule has 0 fully saturated rings. The number of aromatic nitrogens is 3. The van der Waals surface area contributed by atoms with E-state index >= 15 is 0 Å². The Bertz CT molecular complexity index is 1170. The van der Waals surface area contributed by atoms with Gasteiger partial charge >= 0.3 is 5.97 Å². The minimum Gasteiger partial charge on any atom is -0.462 e. The van der Waals surface area contributed by atoms with Gasteiger partial charge < -0.3 is 4.74 Å². The van der Waals surface area contributed by atoms with Gasteiger partial charge in [0.15, 0.2) is 5.13 Å². The molecule has 4 aromatic rings. The number of carbonyl (C=O) groups is 2. The lowest BCUT2D eigenvalue weighted by Crippen LogP contribution is -2.11. The highest BCUT2D eigenvalue weighted by molar-refractivity contribution is 7.18. The van der Waals surface area contributed by atoms with Crippen LogP contribution in [0.3, 0.4) is 0 Å². The van der Waals surface area contributed by atoms with Crippen LogP contribution in [0.1, 0.15) is 32.5 Å². The van der Waals surface area contributed by atoms with Gasteiger partial charge in [-0.05, 0) is 30.7 Å². The molecule has 2 aromatic carbocycles. The summed E-state index contributed by atoms with van der Waals surface area (Å²) in [5, 5.41) is 7.31. The van der Waals surface area contributed by atoms with Gasteiger partial charge in [-0.15, -0.1) is 0 Å². The molecule has 0 atom stereocenters. The number of nitrogens with one attached hydrogen (secondary N) is 1. The summed E-state index contributed by atoms with van der Waals surface area (Å²) in [6.45, 7) is 2.64. The first-order chi connectivity index (χ1) is 15.1. The number of rotatable bonds is 7. The van der Waals surface area contributed by atoms with Crippen LogP contribution in [0.5, 0.6) is 0 Å². The van der Waals surface area contributed by atoms with E-state index in [1.807, 2.05) is 59.4 Å². The monoisotopic (exact) mass is 432 g/mol. The van der Waals surface area contributed by atoms with Crippen molar-refractivity contribution in [3.8, 4) is 11.3 Å². The summed E-state index contributed by atoms with van der Waals surface area (Å²) >= 11 is 1.10. The Hall–Kier alpha value is -3.78. The second kappa shape index (κ2) is 9.36. The van der Waals surface area contributed by atoms with Crippen LogP contribution in [-0.2, 0) is 11.3 Å². The normalized spacial score (nSPS) is 10.6. The minimum atomic E-state index is -0.456. The van der Waals surface area contributed by atoms with Crippen molar-refractivity contribution in [3.05, 3.63) is 89.1 Å². The Morgan fingerprint density at radius 3 is 2.52 bits per heavy atom. The topological polar surface area (TPSA) is 86.1 Å². The van der Waals surface area contributed by atoms with E-state index in [0.717, 1.165) is 22.5 Å². The standard InChI is InChI=1S/C23H20N4O3S/c1-2-30-22(29)20-19(17-7-4-3-5-8-17)25-23(31-20)26-21(28)18-11-9-16(10-12-18)15-27-14-6-13-24-27/h3-14H,2,15H2,1H3,(H,25,26,28). The number of amides is 1. The van der Waals surface area contributed by atoms with Crippen LogP contribution < -0.4 is 5.32 Å². The molecule has 0 aliphatic rings. The van der Waals surface area contributed by atoms with E-state index in [4.69, 9.17) is 4.74 Å². The highest BCUT2D eigenvalue weighted by Gasteiger charge is 2.21. The number of ether oxygens (including phenoxy) is 1. The molecule has 7 nitrogen and oxygen atoms in total. The fourth-order valence-electron chi connectivity index (χ4n) is 3.01. The fraction of sp³-hybridized carbons (Fsp3) is 0.130. The Morgan fingerprint density at radius 1 is 1.06 bits per heavy atom. The first kappa shape index (κ1) is 20.5. The van der Waals surface area contributed by atoms with E-state index in [-0.39, 0.29) is 12.5 Å². The molecule has 31 heavy (non-hydrogen) atoms. The minimum absolute atomic E-state index is 0.261. The Morgan fingerprint density at radius 2 is 1.84 bits per heavy atom. The molecule has 0 radical (unpaired) electrons. The largest absolute Gasteiger partial charge is 0.462 e. The molecule has 8 heteroatoms. The second-order valence-corrected chi connectivity index (χ2v) is 7.64.